The average Bonchev–Trinajstić information content (AvgIpc) is 3.31. The highest BCUT2D eigenvalue weighted by molar-refractivity contribution is 6.45. The lowest BCUT2D eigenvalue weighted by Crippen LogP contribution is -2.54. The molecule has 0 unspecified atom stereocenters. The third kappa shape index (κ3) is 3.86. The summed E-state index contributed by atoms with van der Waals surface area (Å²) in [4.78, 5) is 56.1. The van der Waals surface area contributed by atoms with Crippen LogP contribution in [0.25, 0.3) is 10.9 Å². The number of fused-ring (bicyclic) bond motifs is 1. The Morgan fingerprint density at radius 3 is 2.43 bits per heavy atom. The Kier molecular flexibility index (Phi) is 5.82. The van der Waals surface area contributed by atoms with Gasteiger partial charge in [0.2, 0.25) is 0 Å². The monoisotopic (exact) mass is 514 g/mol. The van der Waals surface area contributed by atoms with E-state index in [1.54, 1.807) is 29.2 Å². The molecule has 178 valence electrons. The van der Waals surface area contributed by atoms with E-state index >= 15 is 0 Å². The number of H-pyrrole nitrogens is 1. The number of rotatable bonds is 5. The van der Waals surface area contributed by atoms with Gasteiger partial charge in [0.1, 0.15) is 17.2 Å². The van der Waals surface area contributed by atoms with E-state index in [0.29, 0.717) is 16.2 Å². The number of nitrogens with zero attached hydrogens (tertiary/aromatic N) is 2. The molecule has 5 rings (SSSR count). The number of aromatic nitrogens is 1. The van der Waals surface area contributed by atoms with Crippen LogP contribution >= 0.6 is 23.2 Å². The largest absolute Gasteiger partial charge is 0.363 e. The smallest absolute Gasteiger partial charge is 0.295 e. The van der Waals surface area contributed by atoms with Crippen LogP contribution < -0.4 is 21.1 Å². The van der Waals surface area contributed by atoms with Gasteiger partial charge >= 0.3 is 0 Å². The number of halogens is 3. The molecule has 1 saturated heterocycles. The standard InChI is InChI=1S/C24H17Cl2FN4O4/c25-13-3-1-6-16(18(13)26)29-19-20(23(34)22(19)33)30-7-9-31(10-8-30)24(35)21(32)12-11-28-15-5-2-4-14(27)17(12)15/h1-6,11,28-29H,7-10H2. The molecule has 11 heteroatoms. The lowest BCUT2D eigenvalue weighted by atomic mass is 10.1. The van der Waals surface area contributed by atoms with Crippen molar-refractivity contribution in [1.29, 1.82) is 0 Å². The zero-order valence-corrected chi connectivity index (χ0v) is 19.5. The number of anilines is 3. The summed E-state index contributed by atoms with van der Waals surface area (Å²) < 4.78 is 14.2. The van der Waals surface area contributed by atoms with Crippen molar-refractivity contribution in [2.24, 2.45) is 0 Å². The van der Waals surface area contributed by atoms with Crippen molar-refractivity contribution in [2.75, 3.05) is 36.4 Å². The second kappa shape index (κ2) is 8.83. The number of Topliss-reactive ketones (excluding diaryl/α,β-unsaturated/α-hetero) is 1. The Morgan fingerprint density at radius 1 is 0.971 bits per heavy atom. The highest BCUT2D eigenvalue weighted by Crippen LogP contribution is 2.33. The van der Waals surface area contributed by atoms with Crippen molar-refractivity contribution in [3.63, 3.8) is 0 Å². The molecule has 0 saturated carbocycles. The SMILES string of the molecule is O=C(C(=O)N1CCN(c2c(Nc3cccc(Cl)c3Cl)c(=O)c2=O)CC1)c1c[nH]c2cccc(F)c12. The fourth-order valence-corrected chi connectivity index (χ4v) is 4.59. The summed E-state index contributed by atoms with van der Waals surface area (Å²) >= 11 is 12.2. The van der Waals surface area contributed by atoms with Gasteiger partial charge in [-0.15, -0.1) is 0 Å². The van der Waals surface area contributed by atoms with Crippen LogP contribution in [0.5, 0.6) is 0 Å². The van der Waals surface area contributed by atoms with E-state index in [1.165, 1.54) is 23.2 Å². The quantitative estimate of drug-likeness (QED) is 0.312. The first kappa shape index (κ1) is 23.1. The lowest BCUT2D eigenvalue weighted by molar-refractivity contribution is -0.126. The average molecular weight is 515 g/mol. The molecule has 35 heavy (non-hydrogen) atoms. The number of nitrogens with one attached hydrogen (secondary N) is 2. The zero-order chi connectivity index (χ0) is 24.9. The molecule has 0 bridgehead atoms. The maximum absolute atomic E-state index is 14.2. The van der Waals surface area contributed by atoms with Gasteiger partial charge in [-0.1, -0.05) is 35.3 Å². The summed E-state index contributed by atoms with van der Waals surface area (Å²) in [6.07, 6.45) is 1.33. The fourth-order valence-electron chi connectivity index (χ4n) is 4.24. The van der Waals surface area contributed by atoms with E-state index in [-0.39, 0.29) is 53.5 Å². The molecule has 1 aliphatic rings. The summed E-state index contributed by atoms with van der Waals surface area (Å²) in [5.41, 5.74) is -0.240. The fraction of sp³-hybridized carbons (Fsp3) is 0.167. The highest BCUT2D eigenvalue weighted by Gasteiger charge is 2.33. The van der Waals surface area contributed by atoms with Crippen LogP contribution in [0.3, 0.4) is 0 Å². The number of carbonyl (C=O) groups excluding carboxylic acids is 2. The predicted molar refractivity (Wildman–Crippen MR) is 132 cm³/mol. The van der Waals surface area contributed by atoms with Gasteiger partial charge in [-0.3, -0.25) is 19.2 Å². The Labute approximate surface area is 207 Å². The molecule has 0 atom stereocenters. The lowest BCUT2D eigenvalue weighted by Gasteiger charge is -2.36. The first-order valence-electron chi connectivity index (χ1n) is 10.7. The van der Waals surface area contributed by atoms with Gasteiger partial charge in [0.25, 0.3) is 22.5 Å². The van der Waals surface area contributed by atoms with Crippen molar-refractivity contribution >= 4 is 62.9 Å². The summed E-state index contributed by atoms with van der Waals surface area (Å²) in [5.74, 6) is -2.17. The summed E-state index contributed by atoms with van der Waals surface area (Å²) in [7, 11) is 0. The minimum atomic E-state index is -0.818. The van der Waals surface area contributed by atoms with Crippen LogP contribution in [0.4, 0.5) is 21.5 Å². The minimum absolute atomic E-state index is 0.0297. The predicted octanol–water partition coefficient (Wildman–Crippen LogP) is 3.48. The van der Waals surface area contributed by atoms with Crippen LogP contribution in [0.15, 0.2) is 52.2 Å². The number of hydrogen-bond donors (Lipinski definition) is 2. The topological polar surface area (TPSA) is 103 Å². The number of hydrogen-bond acceptors (Lipinski definition) is 6. The normalized spacial score (nSPS) is 14.0. The first-order valence-corrected chi connectivity index (χ1v) is 11.4. The Morgan fingerprint density at radius 2 is 1.69 bits per heavy atom. The van der Waals surface area contributed by atoms with Crippen LogP contribution in [0, 0.1) is 5.82 Å². The van der Waals surface area contributed by atoms with Crippen molar-refractivity contribution in [1.82, 2.24) is 9.88 Å². The van der Waals surface area contributed by atoms with E-state index in [9.17, 15) is 23.6 Å². The van der Waals surface area contributed by atoms with E-state index in [4.69, 9.17) is 23.2 Å². The molecular weight excluding hydrogens is 498 g/mol. The van der Waals surface area contributed by atoms with Crippen molar-refractivity contribution in [2.45, 2.75) is 0 Å². The van der Waals surface area contributed by atoms with Gasteiger partial charge in [0.05, 0.1) is 21.3 Å². The van der Waals surface area contributed by atoms with Crippen molar-refractivity contribution < 1.29 is 14.0 Å². The van der Waals surface area contributed by atoms with Crippen LogP contribution in [0.2, 0.25) is 10.0 Å². The molecule has 8 nitrogen and oxygen atoms in total. The molecule has 1 aliphatic heterocycles. The molecule has 1 aromatic heterocycles. The molecule has 1 fully saturated rings. The van der Waals surface area contributed by atoms with Gasteiger partial charge in [-0.25, -0.2) is 4.39 Å². The maximum atomic E-state index is 14.2. The number of carbonyl (C=O) groups is 2. The Balaban J connectivity index is 1.30. The molecular formula is C24H17Cl2FN4O4. The van der Waals surface area contributed by atoms with Gasteiger partial charge in [0, 0.05) is 43.3 Å². The van der Waals surface area contributed by atoms with Crippen molar-refractivity contribution in [3.05, 3.63) is 84.5 Å². The van der Waals surface area contributed by atoms with E-state index in [2.05, 4.69) is 10.3 Å². The molecule has 2 N–H and O–H groups in total. The molecule has 0 radical (unpaired) electrons. The second-order valence-corrected chi connectivity index (χ2v) is 8.87. The number of piperazine rings is 1. The molecule has 0 spiro atoms. The molecule has 0 aliphatic carbocycles. The molecule has 4 aromatic rings. The molecule has 2 heterocycles. The summed E-state index contributed by atoms with van der Waals surface area (Å²) in [6.45, 7) is 0.741. The van der Waals surface area contributed by atoms with E-state index in [1.807, 2.05) is 0 Å². The number of amides is 1. The van der Waals surface area contributed by atoms with Gasteiger partial charge in [-0.2, -0.15) is 0 Å². The third-order valence-electron chi connectivity index (χ3n) is 6.07. The number of benzene rings is 2. The maximum Gasteiger partial charge on any atom is 0.295 e. The van der Waals surface area contributed by atoms with E-state index in [0.717, 1.165) is 0 Å². The van der Waals surface area contributed by atoms with Crippen LogP contribution in [0.1, 0.15) is 10.4 Å². The number of ketones is 1. The van der Waals surface area contributed by atoms with E-state index < -0.39 is 28.4 Å². The Bertz CT molecular complexity index is 1570. The summed E-state index contributed by atoms with van der Waals surface area (Å²) in [6, 6.07) is 9.23. The first-order chi connectivity index (χ1) is 16.8. The van der Waals surface area contributed by atoms with Crippen LogP contribution in [-0.2, 0) is 4.79 Å². The minimum Gasteiger partial charge on any atom is -0.363 e. The van der Waals surface area contributed by atoms with Gasteiger partial charge < -0.3 is 20.1 Å². The molecule has 3 aromatic carbocycles. The Hall–Kier alpha value is -3.69. The van der Waals surface area contributed by atoms with Gasteiger partial charge in [-0.05, 0) is 24.3 Å². The summed E-state index contributed by atoms with van der Waals surface area (Å²) in [5, 5.41) is 3.47. The highest BCUT2D eigenvalue weighted by atomic mass is 35.5. The molecule has 1 amide bonds. The third-order valence-corrected chi connectivity index (χ3v) is 6.89. The van der Waals surface area contributed by atoms with Gasteiger partial charge in [0.15, 0.2) is 0 Å². The van der Waals surface area contributed by atoms with Crippen LogP contribution in [-0.4, -0.2) is 47.8 Å². The number of aromatic amines is 1. The zero-order valence-electron chi connectivity index (χ0n) is 18.0. The van der Waals surface area contributed by atoms with Crippen molar-refractivity contribution in [3.8, 4) is 0 Å². The second-order valence-electron chi connectivity index (χ2n) is 8.08.